The second-order valence-electron chi connectivity index (χ2n) is 6.95. The van der Waals surface area contributed by atoms with E-state index < -0.39 is 0 Å². The van der Waals surface area contributed by atoms with Crippen LogP contribution in [-0.4, -0.2) is 29.9 Å². The standard InChI is InChI=1S/C21H40N2Si/c24-19-13-18-22-16-11-6-4-2-1-3-5-7-12-17-23-20-21-14-9-8-10-15-21/h8-10,14-15,22-23H,1-7,11-13,16-20H2,24H3. The van der Waals surface area contributed by atoms with Gasteiger partial charge in [0.2, 0.25) is 0 Å². The molecule has 0 aliphatic heterocycles. The normalized spacial score (nSPS) is 11.2. The summed E-state index contributed by atoms with van der Waals surface area (Å²) in [5, 5.41) is 7.09. The van der Waals surface area contributed by atoms with Crippen LogP contribution in [0, 0.1) is 0 Å². The van der Waals surface area contributed by atoms with Crippen molar-refractivity contribution < 1.29 is 0 Å². The molecule has 0 unspecified atom stereocenters. The monoisotopic (exact) mass is 348 g/mol. The fraction of sp³-hybridized carbons (Fsp3) is 0.714. The Balaban J connectivity index is 1.70. The van der Waals surface area contributed by atoms with Gasteiger partial charge in [-0.05, 0) is 44.5 Å². The lowest BCUT2D eigenvalue weighted by Crippen LogP contribution is -2.16. The highest BCUT2D eigenvalue weighted by molar-refractivity contribution is 6.08. The molecule has 0 aliphatic rings. The highest BCUT2D eigenvalue weighted by atomic mass is 28.1. The first-order valence-electron chi connectivity index (χ1n) is 10.4. The second kappa shape index (κ2) is 17.2. The van der Waals surface area contributed by atoms with Crippen LogP contribution < -0.4 is 10.6 Å². The van der Waals surface area contributed by atoms with Crippen molar-refractivity contribution in [2.45, 2.75) is 76.8 Å². The van der Waals surface area contributed by atoms with E-state index in [1.165, 1.54) is 99.1 Å². The van der Waals surface area contributed by atoms with Gasteiger partial charge in [0.25, 0.3) is 0 Å². The number of hydrogen-bond acceptors (Lipinski definition) is 2. The van der Waals surface area contributed by atoms with Crippen LogP contribution in [0.2, 0.25) is 6.04 Å². The van der Waals surface area contributed by atoms with Gasteiger partial charge >= 0.3 is 0 Å². The minimum Gasteiger partial charge on any atom is -0.317 e. The first-order valence-corrected chi connectivity index (χ1v) is 11.8. The topological polar surface area (TPSA) is 24.1 Å². The van der Waals surface area contributed by atoms with Crippen molar-refractivity contribution in [2.24, 2.45) is 0 Å². The third-order valence-corrected chi connectivity index (χ3v) is 5.29. The Hall–Kier alpha value is -0.643. The Bertz CT molecular complexity index is 356. The van der Waals surface area contributed by atoms with E-state index in [1.54, 1.807) is 0 Å². The van der Waals surface area contributed by atoms with E-state index in [0.29, 0.717) is 0 Å². The van der Waals surface area contributed by atoms with Gasteiger partial charge in [0, 0.05) is 16.8 Å². The summed E-state index contributed by atoms with van der Waals surface area (Å²) in [7, 11) is 1.36. The second-order valence-corrected chi connectivity index (χ2v) is 7.95. The summed E-state index contributed by atoms with van der Waals surface area (Å²) < 4.78 is 0. The maximum atomic E-state index is 3.55. The molecule has 1 aromatic carbocycles. The quantitative estimate of drug-likeness (QED) is 0.328. The maximum absolute atomic E-state index is 3.55. The van der Waals surface area contributed by atoms with Gasteiger partial charge in [-0.15, -0.1) is 0 Å². The average Bonchev–Trinajstić information content (AvgIpc) is 2.62. The summed E-state index contributed by atoms with van der Waals surface area (Å²) in [6, 6.07) is 12.1. The van der Waals surface area contributed by atoms with Gasteiger partial charge in [-0.2, -0.15) is 0 Å². The van der Waals surface area contributed by atoms with Crippen molar-refractivity contribution in [3.63, 3.8) is 0 Å². The number of benzene rings is 1. The van der Waals surface area contributed by atoms with Crippen molar-refractivity contribution >= 4 is 10.2 Å². The molecule has 0 saturated carbocycles. The molecule has 0 fully saturated rings. The van der Waals surface area contributed by atoms with Crippen LogP contribution in [-0.2, 0) is 6.54 Å². The van der Waals surface area contributed by atoms with Gasteiger partial charge < -0.3 is 10.6 Å². The van der Waals surface area contributed by atoms with Gasteiger partial charge in [0.05, 0.1) is 0 Å². The molecule has 0 aromatic heterocycles. The van der Waals surface area contributed by atoms with Crippen molar-refractivity contribution in [1.29, 1.82) is 0 Å². The SMILES string of the molecule is [SiH3]CCCNCCCCCCCCCCCNCc1ccccc1. The van der Waals surface area contributed by atoms with Crippen molar-refractivity contribution in [3.8, 4) is 0 Å². The summed E-state index contributed by atoms with van der Waals surface area (Å²) in [5.74, 6) is 0. The number of nitrogens with one attached hydrogen (secondary N) is 2. The molecule has 0 heterocycles. The van der Waals surface area contributed by atoms with Crippen molar-refractivity contribution in [1.82, 2.24) is 10.6 Å². The molecule has 0 bridgehead atoms. The van der Waals surface area contributed by atoms with Gasteiger partial charge in [0.1, 0.15) is 0 Å². The molecule has 1 rings (SSSR count). The highest BCUT2D eigenvalue weighted by Crippen LogP contribution is 2.09. The lowest BCUT2D eigenvalue weighted by Gasteiger charge is -2.05. The third kappa shape index (κ3) is 13.8. The Morgan fingerprint density at radius 2 is 1.08 bits per heavy atom. The average molecular weight is 349 g/mol. The van der Waals surface area contributed by atoms with Crippen LogP contribution in [0.5, 0.6) is 0 Å². The summed E-state index contributed by atoms with van der Waals surface area (Å²) in [5.41, 5.74) is 1.39. The molecule has 0 atom stereocenters. The Kier molecular flexibility index (Phi) is 15.3. The fourth-order valence-electron chi connectivity index (χ4n) is 2.99. The van der Waals surface area contributed by atoms with E-state index in [0.717, 1.165) is 13.1 Å². The van der Waals surface area contributed by atoms with E-state index in [-0.39, 0.29) is 0 Å². The van der Waals surface area contributed by atoms with Crippen molar-refractivity contribution in [2.75, 3.05) is 19.6 Å². The van der Waals surface area contributed by atoms with Crippen LogP contribution in [0.15, 0.2) is 30.3 Å². The predicted octanol–water partition coefficient (Wildman–Crippen LogP) is 4.05. The molecule has 3 heteroatoms. The molecular weight excluding hydrogens is 308 g/mol. The van der Waals surface area contributed by atoms with E-state index >= 15 is 0 Å². The van der Waals surface area contributed by atoms with E-state index in [2.05, 4.69) is 41.0 Å². The zero-order valence-corrected chi connectivity index (χ0v) is 18.0. The Morgan fingerprint density at radius 3 is 1.67 bits per heavy atom. The van der Waals surface area contributed by atoms with E-state index in [1.807, 2.05) is 0 Å². The summed E-state index contributed by atoms with van der Waals surface area (Å²) in [4.78, 5) is 0. The van der Waals surface area contributed by atoms with Gasteiger partial charge in [-0.3, -0.25) is 0 Å². The summed E-state index contributed by atoms with van der Waals surface area (Å²) in [6.45, 7) is 4.64. The molecule has 138 valence electrons. The maximum Gasteiger partial charge on any atom is 0.0205 e. The fourth-order valence-corrected chi connectivity index (χ4v) is 3.35. The largest absolute Gasteiger partial charge is 0.317 e. The Morgan fingerprint density at radius 1 is 0.583 bits per heavy atom. The van der Waals surface area contributed by atoms with E-state index in [4.69, 9.17) is 0 Å². The number of unbranched alkanes of at least 4 members (excludes halogenated alkanes) is 8. The van der Waals surface area contributed by atoms with Crippen LogP contribution in [0.1, 0.15) is 69.8 Å². The zero-order valence-electron chi connectivity index (χ0n) is 16.0. The van der Waals surface area contributed by atoms with Crippen LogP contribution in [0.25, 0.3) is 0 Å². The number of rotatable bonds is 17. The predicted molar refractivity (Wildman–Crippen MR) is 112 cm³/mol. The molecule has 0 radical (unpaired) electrons. The summed E-state index contributed by atoms with van der Waals surface area (Å²) >= 11 is 0. The molecule has 1 aromatic rings. The third-order valence-electron chi connectivity index (χ3n) is 4.59. The van der Waals surface area contributed by atoms with Crippen molar-refractivity contribution in [3.05, 3.63) is 35.9 Å². The molecule has 0 saturated heterocycles. The van der Waals surface area contributed by atoms with E-state index in [9.17, 15) is 0 Å². The molecule has 2 N–H and O–H groups in total. The van der Waals surface area contributed by atoms with Crippen LogP contribution in [0.4, 0.5) is 0 Å². The van der Waals surface area contributed by atoms with Gasteiger partial charge in [-0.25, -0.2) is 0 Å². The van der Waals surface area contributed by atoms with Gasteiger partial charge in [-0.1, -0.05) is 81.3 Å². The number of hydrogen-bond donors (Lipinski definition) is 2. The molecule has 0 amide bonds. The molecule has 0 aliphatic carbocycles. The lowest BCUT2D eigenvalue weighted by atomic mass is 10.1. The van der Waals surface area contributed by atoms with Crippen LogP contribution >= 0.6 is 0 Å². The Labute approximate surface area is 153 Å². The minimum atomic E-state index is 1.01. The highest BCUT2D eigenvalue weighted by Gasteiger charge is 1.94. The minimum absolute atomic E-state index is 1.01. The lowest BCUT2D eigenvalue weighted by molar-refractivity contribution is 0.536. The first-order chi connectivity index (χ1) is 11.9. The first kappa shape index (κ1) is 21.4. The smallest absolute Gasteiger partial charge is 0.0205 e. The molecule has 24 heavy (non-hydrogen) atoms. The van der Waals surface area contributed by atoms with Gasteiger partial charge in [0.15, 0.2) is 0 Å². The molecule has 2 nitrogen and oxygen atoms in total. The summed E-state index contributed by atoms with van der Waals surface area (Å²) in [6.07, 6.45) is 14.0. The molecule has 0 spiro atoms. The zero-order chi connectivity index (χ0) is 17.1. The van der Waals surface area contributed by atoms with Crippen LogP contribution in [0.3, 0.4) is 0 Å². The molecular formula is C21H40N2Si.